The van der Waals surface area contributed by atoms with Crippen LogP contribution in [0, 0.1) is 0 Å². The number of benzene rings is 2. The minimum Gasteiger partial charge on any atom is -0.493 e. The molecular weight excluding hydrogens is 316 g/mol. The summed E-state index contributed by atoms with van der Waals surface area (Å²) in [4.78, 5) is 12.0. The second kappa shape index (κ2) is 5.84. The predicted octanol–water partition coefficient (Wildman–Crippen LogP) is 3.05. The van der Waals surface area contributed by atoms with Gasteiger partial charge in [0.1, 0.15) is 0 Å². The lowest BCUT2D eigenvalue weighted by atomic mass is 9.86. The molecule has 1 atom stereocenters. The Balaban J connectivity index is 1.93. The molecule has 0 bridgehead atoms. The van der Waals surface area contributed by atoms with Crippen LogP contribution in [-0.2, 0) is 4.79 Å². The molecule has 1 amide bonds. The summed E-state index contributed by atoms with van der Waals surface area (Å²) in [5.41, 5.74) is 12.0. The van der Waals surface area contributed by atoms with Gasteiger partial charge in [-0.05, 0) is 47.4 Å². The molecule has 0 aromatic heterocycles. The molecule has 2 aromatic carbocycles. The quantitative estimate of drug-likeness (QED) is 0.845. The van der Waals surface area contributed by atoms with E-state index in [1.54, 1.807) is 14.2 Å². The molecule has 0 spiro atoms. The van der Waals surface area contributed by atoms with Crippen molar-refractivity contribution in [3.05, 3.63) is 58.7 Å². The number of hydrogen-bond donors (Lipinski definition) is 2. The lowest BCUT2D eigenvalue weighted by Crippen LogP contribution is -2.26. The number of methoxy groups -OCH3 is 2. The molecule has 2 aromatic rings. The van der Waals surface area contributed by atoms with Crippen LogP contribution in [-0.4, -0.2) is 20.1 Å². The normalized spacial score (nSPS) is 18.5. The fourth-order valence-corrected chi connectivity index (χ4v) is 3.79. The number of allylic oxidation sites excluding steroid dienone is 1. The molecule has 5 nitrogen and oxygen atoms in total. The van der Waals surface area contributed by atoms with Gasteiger partial charge in [0.05, 0.1) is 14.2 Å². The van der Waals surface area contributed by atoms with E-state index < -0.39 is 0 Å². The van der Waals surface area contributed by atoms with E-state index in [0.29, 0.717) is 17.9 Å². The van der Waals surface area contributed by atoms with Crippen molar-refractivity contribution in [1.29, 1.82) is 0 Å². The third-order valence-electron chi connectivity index (χ3n) is 4.96. The maximum Gasteiger partial charge on any atom is 0.224 e. The Hall–Kier alpha value is -2.95. The van der Waals surface area contributed by atoms with Gasteiger partial charge in [-0.2, -0.15) is 0 Å². The first-order valence-corrected chi connectivity index (χ1v) is 8.27. The maximum absolute atomic E-state index is 12.0. The minimum atomic E-state index is 0.0532. The van der Waals surface area contributed by atoms with Crippen molar-refractivity contribution in [3.63, 3.8) is 0 Å². The molecule has 1 aliphatic carbocycles. The van der Waals surface area contributed by atoms with Crippen molar-refractivity contribution in [1.82, 2.24) is 5.32 Å². The highest BCUT2D eigenvalue weighted by Gasteiger charge is 2.36. The van der Waals surface area contributed by atoms with Crippen molar-refractivity contribution >= 4 is 17.3 Å². The highest BCUT2D eigenvalue weighted by atomic mass is 16.5. The number of carbonyl (C=O) groups excluding carboxylic acids is 1. The number of fused-ring (bicyclic) bond motifs is 2. The molecule has 3 N–H and O–H groups in total. The van der Waals surface area contributed by atoms with Crippen molar-refractivity contribution in [2.75, 3.05) is 20.0 Å². The zero-order valence-electron chi connectivity index (χ0n) is 14.3. The third kappa shape index (κ3) is 2.43. The molecule has 2 aliphatic rings. The van der Waals surface area contributed by atoms with Crippen LogP contribution in [0.25, 0.3) is 5.70 Å². The fraction of sp³-hybridized carbons (Fsp3) is 0.250. The van der Waals surface area contributed by atoms with Crippen LogP contribution in [0.3, 0.4) is 0 Å². The van der Waals surface area contributed by atoms with Crippen LogP contribution < -0.4 is 20.5 Å². The number of nitrogens with one attached hydrogen (secondary N) is 1. The van der Waals surface area contributed by atoms with E-state index in [4.69, 9.17) is 15.2 Å². The maximum atomic E-state index is 12.0. The third-order valence-corrected chi connectivity index (χ3v) is 4.96. The Labute approximate surface area is 146 Å². The first-order valence-electron chi connectivity index (χ1n) is 8.27. The van der Waals surface area contributed by atoms with E-state index >= 15 is 0 Å². The molecule has 128 valence electrons. The Morgan fingerprint density at radius 1 is 1.04 bits per heavy atom. The highest BCUT2D eigenvalue weighted by Crippen LogP contribution is 2.50. The molecule has 5 heteroatoms. The smallest absolute Gasteiger partial charge is 0.224 e. The number of hydrogen-bond acceptors (Lipinski definition) is 4. The standard InChI is InChI=1S/C20H20N2O3/c1-24-16-9-14-15(10-17(16)25-2)20-13(7-8-18(23)22-20)19(14)11-3-5-12(21)6-4-11/h3-6,9-10,19H,7-8,21H2,1-2H3,(H,22,23). The SMILES string of the molecule is COc1cc2c(cc1OC)C(c1ccc(N)cc1)C1=C2NC(=O)CC1. The molecule has 4 rings (SSSR count). The lowest BCUT2D eigenvalue weighted by molar-refractivity contribution is -0.120. The van der Waals surface area contributed by atoms with Gasteiger partial charge in [-0.1, -0.05) is 12.1 Å². The molecule has 0 fully saturated rings. The van der Waals surface area contributed by atoms with E-state index in [1.165, 1.54) is 5.57 Å². The fourth-order valence-electron chi connectivity index (χ4n) is 3.79. The number of ether oxygens (including phenoxy) is 2. The van der Waals surface area contributed by atoms with Crippen LogP contribution in [0.4, 0.5) is 5.69 Å². The lowest BCUT2D eigenvalue weighted by Gasteiger charge is -2.21. The number of carbonyl (C=O) groups is 1. The topological polar surface area (TPSA) is 73.6 Å². The van der Waals surface area contributed by atoms with Crippen LogP contribution in [0.2, 0.25) is 0 Å². The molecule has 1 unspecified atom stereocenters. The van der Waals surface area contributed by atoms with E-state index in [9.17, 15) is 4.79 Å². The second-order valence-electron chi connectivity index (χ2n) is 6.34. The average Bonchev–Trinajstić information content (AvgIpc) is 2.94. The van der Waals surface area contributed by atoms with E-state index in [0.717, 1.165) is 34.5 Å². The Bertz CT molecular complexity index is 885. The van der Waals surface area contributed by atoms with Crippen molar-refractivity contribution in [2.24, 2.45) is 0 Å². The summed E-state index contributed by atoms with van der Waals surface area (Å²) in [7, 11) is 3.25. The number of rotatable bonds is 3. The van der Waals surface area contributed by atoms with E-state index in [1.807, 2.05) is 36.4 Å². The molecule has 0 saturated carbocycles. The molecule has 0 radical (unpaired) electrons. The number of nitrogen functional groups attached to an aromatic ring is 1. The zero-order chi connectivity index (χ0) is 17.6. The molecule has 1 aliphatic heterocycles. The Morgan fingerprint density at radius 3 is 2.40 bits per heavy atom. The molecule has 25 heavy (non-hydrogen) atoms. The summed E-state index contributed by atoms with van der Waals surface area (Å²) >= 11 is 0. The Kier molecular flexibility index (Phi) is 3.64. The van der Waals surface area contributed by atoms with Gasteiger partial charge in [0.15, 0.2) is 11.5 Å². The van der Waals surface area contributed by atoms with Crippen molar-refractivity contribution in [3.8, 4) is 11.5 Å². The second-order valence-corrected chi connectivity index (χ2v) is 6.34. The predicted molar refractivity (Wildman–Crippen MR) is 96.5 cm³/mol. The van der Waals surface area contributed by atoms with Crippen LogP contribution in [0.15, 0.2) is 42.0 Å². The van der Waals surface area contributed by atoms with E-state index in [2.05, 4.69) is 5.32 Å². The van der Waals surface area contributed by atoms with E-state index in [-0.39, 0.29) is 11.8 Å². The zero-order valence-corrected chi connectivity index (χ0v) is 14.3. The molecule has 0 saturated heterocycles. The summed E-state index contributed by atoms with van der Waals surface area (Å²) in [6.07, 6.45) is 1.25. The van der Waals surface area contributed by atoms with Crippen LogP contribution in [0.5, 0.6) is 11.5 Å². The highest BCUT2D eigenvalue weighted by molar-refractivity contribution is 5.94. The first kappa shape index (κ1) is 15.6. The minimum absolute atomic E-state index is 0.0532. The van der Waals surface area contributed by atoms with Gasteiger partial charge >= 0.3 is 0 Å². The summed E-state index contributed by atoms with van der Waals surface area (Å²) in [5.74, 6) is 1.49. The van der Waals surface area contributed by atoms with Gasteiger partial charge in [-0.15, -0.1) is 0 Å². The number of anilines is 1. The first-order chi connectivity index (χ1) is 12.1. The van der Waals surface area contributed by atoms with Gasteiger partial charge in [0, 0.05) is 29.3 Å². The van der Waals surface area contributed by atoms with Crippen LogP contribution >= 0.6 is 0 Å². The molecule has 1 heterocycles. The number of amides is 1. The monoisotopic (exact) mass is 336 g/mol. The molecular formula is C20H20N2O3. The summed E-state index contributed by atoms with van der Waals surface area (Å²) in [6.45, 7) is 0. The van der Waals surface area contributed by atoms with Crippen molar-refractivity contribution < 1.29 is 14.3 Å². The summed E-state index contributed by atoms with van der Waals surface area (Å²) < 4.78 is 10.9. The van der Waals surface area contributed by atoms with Gasteiger partial charge < -0.3 is 20.5 Å². The number of nitrogens with two attached hydrogens (primary N) is 1. The average molecular weight is 336 g/mol. The Morgan fingerprint density at radius 2 is 1.72 bits per heavy atom. The summed E-state index contributed by atoms with van der Waals surface area (Å²) in [5, 5.41) is 3.05. The largest absolute Gasteiger partial charge is 0.493 e. The van der Waals surface area contributed by atoms with Crippen LogP contribution in [0.1, 0.15) is 35.4 Å². The van der Waals surface area contributed by atoms with Gasteiger partial charge in [0.2, 0.25) is 5.91 Å². The van der Waals surface area contributed by atoms with Gasteiger partial charge in [0.25, 0.3) is 0 Å². The van der Waals surface area contributed by atoms with Crippen molar-refractivity contribution in [2.45, 2.75) is 18.8 Å². The summed E-state index contributed by atoms with van der Waals surface area (Å²) in [6, 6.07) is 11.9. The van der Waals surface area contributed by atoms with Gasteiger partial charge in [-0.25, -0.2) is 0 Å². The van der Waals surface area contributed by atoms with Gasteiger partial charge in [-0.3, -0.25) is 4.79 Å².